The smallest absolute Gasteiger partial charge is 0.115 e. The van der Waals surface area contributed by atoms with E-state index in [4.69, 9.17) is 0 Å². The molecule has 5 rings (SSSR count). The Hall–Kier alpha value is -1.80. The Bertz CT molecular complexity index is 814. The van der Waals surface area contributed by atoms with Crippen molar-refractivity contribution in [2.75, 3.05) is 0 Å². The zero-order chi connectivity index (χ0) is 17.9. The highest BCUT2D eigenvalue weighted by Crippen LogP contribution is 2.63. The van der Waals surface area contributed by atoms with E-state index in [1.807, 2.05) is 12.1 Å². The van der Waals surface area contributed by atoms with Gasteiger partial charge in [0, 0.05) is 0 Å². The van der Waals surface area contributed by atoms with E-state index in [1.54, 1.807) is 0 Å². The standard InChI is InChI=1S/C24H28O2/c1-24-10-9-20-19-8-7-17(25)11-16(19)12-21(15-5-3-2-4-6-15)23(20)22(24)13-18(26)14-24/h2-8,11,18,20-23,25-26H,9-10,12-14H2,1H3/t18-,20-,21+,22+,23-,24-/m1/s1. The minimum Gasteiger partial charge on any atom is -0.508 e. The number of hydrogen-bond donors (Lipinski definition) is 2. The molecule has 2 heteroatoms. The predicted molar refractivity (Wildman–Crippen MR) is 103 cm³/mol. The van der Waals surface area contributed by atoms with Gasteiger partial charge in [-0.25, -0.2) is 0 Å². The summed E-state index contributed by atoms with van der Waals surface area (Å²) in [4.78, 5) is 0. The second kappa shape index (κ2) is 5.85. The van der Waals surface area contributed by atoms with Gasteiger partial charge in [-0.2, -0.15) is 0 Å². The molecule has 26 heavy (non-hydrogen) atoms. The van der Waals surface area contributed by atoms with E-state index in [0.29, 0.717) is 29.4 Å². The van der Waals surface area contributed by atoms with Crippen molar-refractivity contribution in [2.45, 2.75) is 57.0 Å². The van der Waals surface area contributed by atoms with E-state index in [9.17, 15) is 10.2 Å². The third kappa shape index (κ3) is 2.42. The second-order valence-electron chi connectivity index (χ2n) is 9.18. The van der Waals surface area contributed by atoms with Gasteiger partial charge < -0.3 is 10.2 Å². The number of benzene rings is 2. The van der Waals surface area contributed by atoms with Gasteiger partial charge in [-0.3, -0.25) is 0 Å². The van der Waals surface area contributed by atoms with Gasteiger partial charge in [-0.1, -0.05) is 43.3 Å². The van der Waals surface area contributed by atoms with Gasteiger partial charge in [0.15, 0.2) is 0 Å². The fraction of sp³-hybridized carbons (Fsp3) is 0.500. The van der Waals surface area contributed by atoms with Crippen LogP contribution in [-0.2, 0) is 6.42 Å². The first-order valence-corrected chi connectivity index (χ1v) is 10.1. The zero-order valence-electron chi connectivity index (χ0n) is 15.4. The van der Waals surface area contributed by atoms with Crippen LogP contribution in [0.15, 0.2) is 48.5 Å². The summed E-state index contributed by atoms with van der Waals surface area (Å²) in [6.45, 7) is 2.42. The quantitative estimate of drug-likeness (QED) is 0.761. The summed E-state index contributed by atoms with van der Waals surface area (Å²) >= 11 is 0. The Kier molecular flexibility index (Phi) is 3.69. The highest BCUT2D eigenvalue weighted by atomic mass is 16.3. The molecule has 0 saturated heterocycles. The first kappa shape index (κ1) is 16.4. The lowest BCUT2D eigenvalue weighted by Crippen LogP contribution is -2.43. The molecule has 0 amide bonds. The Labute approximate surface area is 155 Å². The minimum atomic E-state index is -0.138. The Morgan fingerprint density at radius 1 is 1.04 bits per heavy atom. The van der Waals surface area contributed by atoms with Gasteiger partial charge in [0.05, 0.1) is 6.10 Å². The summed E-state index contributed by atoms with van der Waals surface area (Å²) < 4.78 is 0. The van der Waals surface area contributed by atoms with Crippen molar-refractivity contribution in [1.29, 1.82) is 0 Å². The van der Waals surface area contributed by atoms with Crippen molar-refractivity contribution in [3.05, 3.63) is 65.2 Å². The molecule has 0 heterocycles. The number of fused-ring (bicyclic) bond motifs is 5. The third-order valence-electron chi connectivity index (χ3n) is 7.74. The van der Waals surface area contributed by atoms with Gasteiger partial charge in [0.25, 0.3) is 0 Å². The molecule has 0 spiro atoms. The maximum absolute atomic E-state index is 10.5. The molecule has 2 fully saturated rings. The molecule has 6 atom stereocenters. The Morgan fingerprint density at radius 3 is 2.65 bits per heavy atom. The molecule has 0 aromatic heterocycles. The molecular weight excluding hydrogens is 320 g/mol. The first-order chi connectivity index (χ1) is 12.5. The summed E-state index contributed by atoms with van der Waals surface area (Å²) in [6.07, 6.45) is 5.18. The maximum atomic E-state index is 10.5. The number of phenols is 1. The first-order valence-electron chi connectivity index (χ1n) is 10.1. The number of aliphatic hydroxyl groups excluding tert-OH is 1. The van der Waals surface area contributed by atoms with E-state index >= 15 is 0 Å². The van der Waals surface area contributed by atoms with Crippen LogP contribution < -0.4 is 0 Å². The van der Waals surface area contributed by atoms with E-state index < -0.39 is 0 Å². The lowest BCUT2D eigenvalue weighted by Gasteiger charge is -2.52. The largest absolute Gasteiger partial charge is 0.508 e. The molecule has 0 radical (unpaired) electrons. The monoisotopic (exact) mass is 348 g/mol. The normalized spacial score (nSPS) is 38.3. The van der Waals surface area contributed by atoms with Crippen molar-refractivity contribution < 1.29 is 10.2 Å². The summed E-state index contributed by atoms with van der Waals surface area (Å²) in [7, 11) is 0. The van der Waals surface area contributed by atoms with Crippen LogP contribution in [0, 0.1) is 17.3 Å². The van der Waals surface area contributed by atoms with Crippen LogP contribution in [0.1, 0.15) is 61.1 Å². The van der Waals surface area contributed by atoms with E-state index in [2.05, 4.69) is 43.3 Å². The number of phenolic OH excluding ortho intramolecular Hbond substituents is 1. The molecule has 2 aromatic rings. The summed E-state index contributed by atoms with van der Waals surface area (Å²) in [5, 5.41) is 20.5. The SMILES string of the molecule is C[C@]12CC[C@@H]3c4ccc(O)cc4C[C@@H](c4ccccc4)[C@@H]3[C@@H]1C[C@@H](O)C2. The van der Waals surface area contributed by atoms with Crippen LogP contribution in [0.4, 0.5) is 0 Å². The van der Waals surface area contributed by atoms with Crippen LogP contribution in [-0.4, -0.2) is 16.3 Å². The molecule has 136 valence electrons. The predicted octanol–water partition coefficient (Wildman–Crippen LogP) is 5.00. The summed E-state index contributed by atoms with van der Waals surface area (Å²) in [5.41, 5.74) is 4.47. The third-order valence-corrected chi connectivity index (χ3v) is 7.74. The van der Waals surface area contributed by atoms with Gasteiger partial charge in [0.2, 0.25) is 0 Å². The molecule has 2 aromatic carbocycles. The fourth-order valence-corrected chi connectivity index (χ4v) is 6.69. The van der Waals surface area contributed by atoms with Gasteiger partial charge in [-0.15, -0.1) is 0 Å². The van der Waals surface area contributed by atoms with E-state index in [-0.39, 0.29) is 11.5 Å². The van der Waals surface area contributed by atoms with Crippen molar-refractivity contribution in [3.63, 3.8) is 0 Å². The molecule has 0 bridgehead atoms. The van der Waals surface area contributed by atoms with Gasteiger partial charge in [-0.05, 0) is 90.0 Å². The van der Waals surface area contributed by atoms with Crippen LogP contribution in [0.5, 0.6) is 5.75 Å². The van der Waals surface area contributed by atoms with E-state index in [1.165, 1.54) is 29.5 Å². The fourth-order valence-electron chi connectivity index (χ4n) is 6.69. The van der Waals surface area contributed by atoms with Crippen LogP contribution in [0.25, 0.3) is 0 Å². The molecule has 0 aliphatic heterocycles. The van der Waals surface area contributed by atoms with Crippen LogP contribution in [0.3, 0.4) is 0 Å². The molecule has 2 N–H and O–H groups in total. The van der Waals surface area contributed by atoms with Crippen molar-refractivity contribution in [3.8, 4) is 5.75 Å². The highest BCUT2D eigenvalue weighted by molar-refractivity contribution is 5.43. The van der Waals surface area contributed by atoms with Crippen molar-refractivity contribution >= 4 is 0 Å². The molecule has 0 unspecified atom stereocenters. The molecule has 2 saturated carbocycles. The average Bonchev–Trinajstić information content (AvgIpc) is 2.95. The molecule has 2 nitrogen and oxygen atoms in total. The molecule has 3 aliphatic carbocycles. The lowest BCUT2D eigenvalue weighted by atomic mass is 9.52. The Morgan fingerprint density at radius 2 is 1.85 bits per heavy atom. The summed E-state index contributed by atoms with van der Waals surface area (Å²) in [5.74, 6) is 2.58. The van der Waals surface area contributed by atoms with Crippen molar-refractivity contribution in [1.82, 2.24) is 0 Å². The van der Waals surface area contributed by atoms with Crippen molar-refractivity contribution in [2.24, 2.45) is 17.3 Å². The Balaban J connectivity index is 1.64. The van der Waals surface area contributed by atoms with Gasteiger partial charge >= 0.3 is 0 Å². The summed E-state index contributed by atoms with van der Waals surface area (Å²) in [6, 6.07) is 16.9. The number of hydrogen-bond acceptors (Lipinski definition) is 2. The number of aliphatic hydroxyl groups is 1. The highest BCUT2D eigenvalue weighted by Gasteiger charge is 2.55. The molecular formula is C24H28O2. The lowest BCUT2D eigenvalue weighted by molar-refractivity contribution is 0.0468. The number of aromatic hydroxyl groups is 1. The minimum absolute atomic E-state index is 0.138. The average molecular weight is 348 g/mol. The topological polar surface area (TPSA) is 40.5 Å². The van der Waals surface area contributed by atoms with E-state index in [0.717, 1.165) is 19.3 Å². The molecule has 3 aliphatic rings. The maximum Gasteiger partial charge on any atom is 0.115 e. The second-order valence-corrected chi connectivity index (χ2v) is 9.18. The van der Waals surface area contributed by atoms with Crippen LogP contribution >= 0.6 is 0 Å². The number of rotatable bonds is 1. The zero-order valence-corrected chi connectivity index (χ0v) is 15.4. The van der Waals surface area contributed by atoms with Gasteiger partial charge in [0.1, 0.15) is 5.75 Å². The van der Waals surface area contributed by atoms with Crippen LogP contribution in [0.2, 0.25) is 0 Å².